The second kappa shape index (κ2) is 10.1. The molecule has 2 aromatic carbocycles. The SMILES string of the molecule is O=C(Nc1cccc2c(=O)n(CCN3CCCC3)c(-c3cccc(C(F)(F)F)c3)nc12)c1cnccn1. The van der Waals surface area contributed by atoms with E-state index >= 15 is 0 Å². The molecule has 0 atom stereocenters. The van der Waals surface area contributed by atoms with Crippen LogP contribution in [-0.4, -0.2) is 50.0 Å². The molecule has 1 aliphatic rings. The number of hydrogen-bond acceptors (Lipinski definition) is 6. The van der Waals surface area contributed by atoms with E-state index in [1.54, 1.807) is 18.2 Å². The fraction of sp³-hybridized carbons (Fsp3) is 0.269. The highest BCUT2D eigenvalue weighted by Crippen LogP contribution is 2.32. The summed E-state index contributed by atoms with van der Waals surface area (Å²) in [5.41, 5.74) is -0.594. The summed E-state index contributed by atoms with van der Waals surface area (Å²) in [6.07, 6.45) is 1.69. The third kappa shape index (κ3) is 5.21. The number of benzene rings is 2. The zero-order valence-electron chi connectivity index (χ0n) is 19.7. The van der Waals surface area contributed by atoms with Gasteiger partial charge < -0.3 is 10.2 Å². The molecular weight excluding hydrogens is 485 g/mol. The number of nitrogens with zero attached hydrogens (tertiary/aromatic N) is 5. The van der Waals surface area contributed by atoms with Crippen molar-refractivity contribution in [3.05, 3.63) is 82.7 Å². The minimum atomic E-state index is -4.55. The van der Waals surface area contributed by atoms with E-state index in [0.717, 1.165) is 38.1 Å². The average Bonchev–Trinajstić information content (AvgIpc) is 3.42. The summed E-state index contributed by atoms with van der Waals surface area (Å²) in [5, 5.41) is 2.94. The molecular formula is C26H23F3N6O2. The molecule has 5 rings (SSSR count). The predicted molar refractivity (Wildman–Crippen MR) is 132 cm³/mol. The van der Waals surface area contributed by atoms with Gasteiger partial charge in [0.05, 0.1) is 22.8 Å². The highest BCUT2D eigenvalue weighted by molar-refractivity contribution is 6.07. The lowest BCUT2D eigenvalue weighted by atomic mass is 10.1. The smallest absolute Gasteiger partial charge is 0.319 e. The van der Waals surface area contributed by atoms with Gasteiger partial charge in [-0.25, -0.2) is 9.97 Å². The summed E-state index contributed by atoms with van der Waals surface area (Å²) in [7, 11) is 0. The van der Waals surface area contributed by atoms with Gasteiger partial charge in [0.1, 0.15) is 17.0 Å². The second-order valence-electron chi connectivity index (χ2n) is 8.77. The zero-order valence-corrected chi connectivity index (χ0v) is 19.7. The van der Waals surface area contributed by atoms with Crippen molar-refractivity contribution in [1.29, 1.82) is 0 Å². The van der Waals surface area contributed by atoms with Gasteiger partial charge >= 0.3 is 6.18 Å². The summed E-state index contributed by atoms with van der Waals surface area (Å²) >= 11 is 0. The zero-order chi connectivity index (χ0) is 26.0. The number of carbonyl (C=O) groups excluding carboxylic acids is 1. The molecule has 0 spiro atoms. The Hall–Kier alpha value is -4.12. The van der Waals surface area contributed by atoms with Crippen LogP contribution in [0.5, 0.6) is 0 Å². The topological polar surface area (TPSA) is 93.0 Å². The molecule has 0 unspecified atom stereocenters. The van der Waals surface area contributed by atoms with Crippen molar-refractivity contribution in [3.63, 3.8) is 0 Å². The summed E-state index contributed by atoms with van der Waals surface area (Å²) in [6.45, 7) is 2.66. The Morgan fingerprint density at radius 2 is 1.81 bits per heavy atom. The van der Waals surface area contributed by atoms with E-state index in [-0.39, 0.29) is 40.2 Å². The number of anilines is 1. The van der Waals surface area contributed by atoms with Gasteiger partial charge in [-0.2, -0.15) is 13.2 Å². The van der Waals surface area contributed by atoms with Crippen LogP contribution in [0.3, 0.4) is 0 Å². The van der Waals surface area contributed by atoms with Crippen molar-refractivity contribution in [3.8, 4) is 11.4 Å². The van der Waals surface area contributed by atoms with E-state index in [4.69, 9.17) is 0 Å². The quantitative estimate of drug-likeness (QED) is 0.419. The fourth-order valence-electron chi connectivity index (χ4n) is 4.46. The van der Waals surface area contributed by atoms with E-state index < -0.39 is 23.2 Å². The van der Waals surface area contributed by atoms with Crippen LogP contribution in [0.1, 0.15) is 28.9 Å². The third-order valence-electron chi connectivity index (χ3n) is 6.32. The van der Waals surface area contributed by atoms with Gasteiger partial charge in [0.15, 0.2) is 0 Å². The number of rotatable bonds is 6. The predicted octanol–water partition coefficient (Wildman–Crippen LogP) is 4.22. The van der Waals surface area contributed by atoms with Crippen LogP contribution in [0.2, 0.25) is 0 Å². The molecule has 37 heavy (non-hydrogen) atoms. The van der Waals surface area contributed by atoms with Crippen molar-refractivity contribution in [1.82, 2.24) is 24.4 Å². The number of alkyl halides is 3. The van der Waals surface area contributed by atoms with E-state index in [0.29, 0.717) is 6.54 Å². The number of amides is 1. The molecule has 0 radical (unpaired) electrons. The first-order chi connectivity index (χ1) is 17.8. The number of carbonyl (C=O) groups is 1. The molecule has 0 aliphatic carbocycles. The Balaban J connectivity index is 1.63. The average molecular weight is 509 g/mol. The largest absolute Gasteiger partial charge is 0.416 e. The number of nitrogens with one attached hydrogen (secondary N) is 1. The van der Waals surface area contributed by atoms with Crippen molar-refractivity contribution >= 4 is 22.5 Å². The molecule has 2 aromatic heterocycles. The van der Waals surface area contributed by atoms with Crippen LogP contribution < -0.4 is 10.9 Å². The molecule has 11 heteroatoms. The molecule has 190 valence electrons. The summed E-state index contributed by atoms with van der Waals surface area (Å²) < 4.78 is 41.9. The van der Waals surface area contributed by atoms with Crippen LogP contribution in [0.25, 0.3) is 22.3 Å². The Morgan fingerprint density at radius 3 is 2.54 bits per heavy atom. The first kappa shape index (κ1) is 24.6. The maximum absolute atomic E-state index is 13.7. The number of para-hydroxylation sites is 1. The van der Waals surface area contributed by atoms with Gasteiger partial charge in [0.25, 0.3) is 11.5 Å². The van der Waals surface area contributed by atoms with Crippen molar-refractivity contribution < 1.29 is 18.0 Å². The monoisotopic (exact) mass is 508 g/mol. The first-order valence-electron chi connectivity index (χ1n) is 11.8. The Kier molecular flexibility index (Phi) is 6.70. The minimum absolute atomic E-state index is 0.0663. The Morgan fingerprint density at radius 1 is 1.03 bits per heavy atom. The molecule has 8 nitrogen and oxygen atoms in total. The van der Waals surface area contributed by atoms with E-state index in [1.165, 1.54) is 35.3 Å². The normalized spacial score (nSPS) is 14.2. The molecule has 1 aliphatic heterocycles. The van der Waals surface area contributed by atoms with E-state index in [2.05, 4.69) is 25.2 Å². The lowest BCUT2D eigenvalue weighted by Gasteiger charge is -2.19. The van der Waals surface area contributed by atoms with Gasteiger partial charge in [-0.05, 0) is 50.2 Å². The van der Waals surface area contributed by atoms with E-state index in [1.807, 2.05) is 0 Å². The molecule has 1 N–H and O–H groups in total. The molecule has 1 amide bonds. The molecule has 0 bridgehead atoms. The summed E-state index contributed by atoms with van der Waals surface area (Å²) in [4.78, 5) is 41.1. The Labute approximate surface area is 209 Å². The highest BCUT2D eigenvalue weighted by atomic mass is 19.4. The van der Waals surface area contributed by atoms with Crippen LogP contribution in [0, 0.1) is 0 Å². The lowest BCUT2D eigenvalue weighted by molar-refractivity contribution is -0.137. The summed E-state index contributed by atoms with van der Waals surface area (Å²) in [5.74, 6) is -0.453. The number of halogens is 3. The standard InChI is InChI=1S/C26H23F3N6O2/c27-26(28,29)18-6-3-5-17(15-18)23-33-22-19(25(37)35(23)14-13-34-11-1-2-12-34)7-4-8-20(22)32-24(36)21-16-30-9-10-31-21/h3-10,15-16H,1-2,11-14H2,(H,32,36). The number of likely N-dealkylation sites (tertiary alicyclic amines) is 1. The van der Waals surface area contributed by atoms with Crippen molar-refractivity contribution in [2.24, 2.45) is 0 Å². The van der Waals surface area contributed by atoms with Gasteiger partial charge in [-0.15, -0.1) is 0 Å². The molecule has 1 saturated heterocycles. The molecule has 3 heterocycles. The fourth-order valence-corrected chi connectivity index (χ4v) is 4.46. The molecule has 1 fully saturated rings. The van der Waals surface area contributed by atoms with Gasteiger partial charge in [0, 0.05) is 31.0 Å². The lowest BCUT2D eigenvalue weighted by Crippen LogP contribution is -2.31. The van der Waals surface area contributed by atoms with Crippen molar-refractivity contribution in [2.75, 3.05) is 25.0 Å². The van der Waals surface area contributed by atoms with Crippen LogP contribution in [-0.2, 0) is 12.7 Å². The maximum atomic E-state index is 13.7. The highest BCUT2D eigenvalue weighted by Gasteiger charge is 2.31. The second-order valence-corrected chi connectivity index (χ2v) is 8.77. The molecule has 4 aromatic rings. The van der Waals surface area contributed by atoms with Gasteiger partial charge in [0.2, 0.25) is 0 Å². The van der Waals surface area contributed by atoms with E-state index in [9.17, 15) is 22.8 Å². The molecule has 0 saturated carbocycles. The Bertz CT molecular complexity index is 1500. The van der Waals surface area contributed by atoms with Crippen LogP contribution in [0.4, 0.5) is 18.9 Å². The first-order valence-corrected chi connectivity index (χ1v) is 11.8. The van der Waals surface area contributed by atoms with Crippen LogP contribution in [0.15, 0.2) is 65.8 Å². The minimum Gasteiger partial charge on any atom is -0.319 e. The number of fused-ring (bicyclic) bond motifs is 1. The number of hydrogen-bond donors (Lipinski definition) is 1. The van der Waals surface area contributed by atoms with Gasteiger partial charge in [-0.3, -0.25) is 19.1 Å². The van der Waals surface area contributed by atoms with Crippen LogP contribution >= 0.6 is 0 Å². The van der Waals surface area contributed by atoms with Gasteiger partial charge in [-0.1, -0.05) is 18.2 Å². The number of aromatic nitrogens is 4. The van der Waals surface area contributed by atoms with Crippen molar-refractivity contribution in [2.45, 2.75) is 25.6 Å². The summed E-state index contributed by atoms with van der Waals surface area (Å²) in [6, 6.07) is 9.53. The third-order valence-corrected chi connectivity index (χ3v) is 6.32. The maximum Gasteiger partial charge on any atom is 0.416 e.